The van der Waals surface area contributed by atoms with Crippen LogP contribution in [0.15, 0.2) is 23.1 Å². The van der Waals surface area contributed by atoms with Crippen molar-refractivity contribution < 1.29 is 17.9 Å². The van der Waals surface area contributed by atoms with Crippen LogP contribution in [0.3, 0.4) is 0 Å². The number of ether oxygens (including phenoxy) is 2. The van der Waals surface area contributed by atoms with Crippen LogP contribution in [0.2, 0.25) is 0 Å². The predicted molar refractivity (Wildman–Crippen MR) is 69.4 cm³/mol. The van der Waals surface area contributed by atoms with Crippen molar-refractivity contribution in [2.24, 2.45) is 0 Å². The largest absolute Gasteiger partial charge is 0.496 e. The van der Waals surface area contributed by atoms with Gasteiger partial charge in [-0.3, -0.25) is 0 Å². The van der Waals surface area contributed by atoms with Crippen molar-refractivity contribution in [3.8, 4) is 5.75 Å². The molecule has 0 radical (unpaired) electrons. The number of sulfonamides is 1. The number of nitrogens with one attached hydrogen (secondary N) is 1. The van der Waals surface area contributed by atoms with Crippen LogP contribution in [-0.2, 0) is 14.8 Å². The van der Waals surface area contributed by atoms with Crippen molar-refractivity contribution in [2.45, 2.75) is 18.2 Å². The molecule has 18 heavy (non-hydrogen) atoms. The van der Waals surface area contributed by atoms with Crippen LogP contribution in [0.25, 0.3) is 0 Å². The molecule has 0 heterocycles. The van der Waals surface area contributed by atoms with E-state index in [2.05, 4.69) is 4.72 Å². The SMILES string of the molecule is COCCCNS(=O)(=O)c1ccc(OC)c(C)c1. The maximum Gasteiger partial charge on any atom is 0.240 e. The molecule has 1 rings (SSSR count). The van der Waals surface area contributed by atoms with Gasteiger partial charge in [0.1, 0.15) is 5.75 Å². The predicted octanol–water partition coefficient (Wildman–Crippen LogP) is 1.32. The van der Waals surface area contributed by atoms with Gasteiger partial charge in [-0.15, -0.1) is 0 Å². The first-order valence-corrected chi connectivity index (χ1v) is 7.13. The Morgan fingerprint density at radius 3 is 2.56 bits per heavy atom. The molecular formula is C12H19NO4S. The summed E-state index contributed by atoms with van der Waals surface area (Å²) in [6, 6.07) is 4.78. The molecule has 0 bridgehead atoms. The normalized spacial score (nSPS) is 11.5. The number of methoxy groups -OCH3 is 2. The van der Waals surface area contributed by atoms with Crippen molar-refractivity contribution in [1.82, 2.24) is 4.72 Å². The van der Waals surface area contributed by atoms with Crippen LogP contribution in [0, 0.1) is 6.92 Å². The molecule has 6 heteroatoms. The molecule has 0 aliphatic carbocycles. The quantitative estimate of drug-likeness (QED) is 0.761. The van der Waals surface area contributed by atoms with Crippen LogP contribution in [0.1, 0.15) is 12.0 Å². The summed E-state index contributed by atoms with van der Waals surface area (Å²) in [6.45, 7) is 2.70. The summed E-state index contributed by atoms with van der Waals surface area (Å²) in [7, 11) is -0.310. The highest BCUT2D eigenvalue weighted by atomic mass is 32.2. The molecule has 1 aromatic carbocycles. The van der Waals surface area contributed by atoms with Gasteiger partial charge in [-0.05, 0) is 37.1 Å². The molecule has 0 atom stereocenters. The fraction of sp³-hybridized carbons (Fsp3) is 0.500. The van der Waals surface area contributed by atoms with E-state index in [0.29, 0.717) is 25.3 Å². The van der Waals surface area contributed by atoms with Crippen molar-refractivity contribution in [3.63, 3.8) is 0 Å². The van der Waals surface area contributed by atoms with E-state index in [0.717, 1.165) is 5.56 Å². The zero-order valence-corrected chi connectivity index (χ0v) is 11.7. The molecule has 0 saturated carbocycles. The summed E-state index contributed by atoms with van der Waals surface area (Å²) < 4.78 is 36.4. The number of hydrogen-bond donors (Lipinski definition) is 1. The Bertz CT molecular complexity index is 485. The monoisotopic (exact) mass is 273 g/mol. The molecule has 0 saturated heterocycles. The maximum atomic E-state index is 12.0. The Morgan fingerprint density at radius 1 is 1.28 bits per heavy atom. The molecule has 0 aliphatic rings. The minimum absolute atomic E-state index is 0.248. The van der Waals surface area contributed by atoms with E-state index in [4.69, 9.17) is 9.47 Å². The first-order chi connectivity index (χ1) is 8.51. The van der Waals surface area contributed by atoms with Gasteiger partial charge in [0.15, 0.2) is 0 Å². The zero-order valence-electron chi connectivity index (χ0n) is 10.9. The smallest absolute Gasteiger partial charge is 0.240 e. The lowest BCUT2D eigenvalue weighted by Gasteiger charge is -2.09. The van der Waals surface area contributed by atoms with E-state index >= 15 is 0 Å². The van der Waals surface area contributed by atoms with Gasteiger partial charge in [0.2, 0.25) is 10.0 Å². The summed E-state index contributed by atoms with van der Waals surface area (Å²) in [4.78, 5) is 0.248. The summed E-state index contributed by atoms with van der Waals surface area (Å²) in [5.41, 5.74) is 0.789. The van der Waals surface area contributed by atoms with Gasteiger partial charge in [0.25, 0.3) is 0 Å². The van der Waals surface area contributed by atoms with Gasteiger partial charge < -0.3 is 9.47 Å². The van der Waals surface area contributed by atoms with Crippen molar-refractivity contribution in [3.05, 3.63) is 23.8 Å². The maximum absolute atomic E-state index is 12.0. The fourth-order valence-corrected chi connectivity index (χ4v) is 2.68. The summed E-state index contributed by atoms with van der Waals surface area (Å²) in [5, 5.41) is 0. The van der Waals surface area contributed by atoms with Gasteiger partial charge in [-0.25, -0.2) is 13.1 Å². The van der Waals surface area contributed by atoms with Crippen LogP contribution < -0.4 is 9.46 Å². The van der Waals surface area contributed by atoms with Crippen molar-refractivity contribution >= 4 is 10.0 Å². The molecule has 0 amide bonds. The second kappa shape index (κ2) is 6.72. The molecule has 0 unspecified atom stereocenters. The summed E-state index contributed by atoms with van der Waals surface area (Å²) >= 11 is 0. The topological polar surface area (TPSA) is 64.6 Å². The van der Waals surface area contributed by atoms with Crippen LogP contribution in [-0.4, -0.2) is 35.8 Å². The van der Waals surface area contributed by atoms with Gasteiger partial charge >= 0.3 is 0 Å². The van der Waals surface area contributed by atoms with Crippen LogP contribution >= 0.6 is 0 Å². The lowest BCUT2D eigenvalue weighted by molar-refractivity contribution is 0.196. The van der Waals surface area contributed by atoms with E-state index < -0.39 is 10.0 Å². The van der Waals surface area contributed by atoms with Gasteiger partial charge in [0.05, 0.1) is 12.0 Å². The molecule has 5 nitrogen and oxygen atoms in total. The van der Waals surface area contributed by atoms with Gasteiger partial charge in [-0.1, -0.05) is 0 Å². The average molecular weight is 273 g/mol. The number of hydrogen-bond acceptors (Lipinski definition) is 4. The average Bonchev–Trinajstić information content (AvgIpc) is 2.34. The third kappa shape index (κ3) is 3.97. The second-order valence-corrected chi connectivity index (χ2v) is 5.64. The molecule has 0 fully saturated rings. The lowest BCUT2D eigenvalue weighted by Crippen LogP contribution is -2.25. The Balaban J connectivity index is 2.76. The Hall–Kier alpha value is -1.11. The van der Waals surface area contributed by atoms with Gasteiger partial charge in [0, 0.05) is 20.3 Å². The third-order valence-electron chi connectivity index (χ3n) is 2.49. The van der Waals surface area contributed by atoms with E-state index in [9.17, 15) is 8.42 Å². The number of benzene rings is 1. The number of rotatable bonds is 7. The lowest BCUT2D eigenvalue weighted by atomic mass is 10.2. The van der Waals surface area contributed by atoms with Crippen LogP contribution in [0.5, 0.6) is 5.75 Å². The van der Waals surface area contributed by atoms with Crippen LogP contribution in [0.4, 0.5) is 0 Å². The minimum Gasteiger partial charge on any atom is -0.496 e. The Morgan fingerprint density at radius 2 is 2.00 bits per heavy atom. The first kappa shape index (κ1) is 14.9. The minimum atomic E-state index is -3.45. The summed E-state index contributed by atoms with van der Waals surface area (Å²) in [5.74, 6) is 0.674. The third-order valence-corrected chi connectivity index (χ3v) is 3.95. The highest BCUT2D eigenvalue weighted by Gasteiger charge is 2.14. The zero-order chi connectivity index (χ0) is 13.6. The molecule has 0 aliphatic heterocycles. The molecule has 102 valence electrons. The Kier molecular flexibility index (Phi) is 5.58. The van der Waals surface area contributed by atoms with E-state index in [1.54, 1.807) is 26.4 Å². The number of aryl methyl sites for hydroxylation is 1. The van der Waals surface area contributed by atoms with E-state index in [1.807, 2.05) is 6.92 Å². The molecule has 0 spiro atoms. The standard InChI is InChI=1S/C12H19NO4S/c1-10-9-11(5-6-12(10)17-3)18(14,15)13-7-4-8-16-2/h5-6,9,13H,4,7-8H2,1-3H3. The van der Waals surface area contributed by atoms with E-state index in [-0.39, 0.29) is 4.90 Å². The van der Waals surface area contributed by atoms with Crippen molar-refractivity contribution in [1.29, 1.82) is 0 Å². The fourth-order valence-electron chi connectivity index (χ4n) is 1.52. The summed E-state index contributed by atoms with van der Waals surface area (Å²) in [6.07, 6.45) is 0.644. The second-order valence-electron chi connectivity index (χ2n) is 3.88. The molecular weight excluding hydrogens is 254 g/mol. The first-order valence-electron chi connectivity index (χ1n) is 5.64. The molecule has 1 aromatic rings. The van der Waals surface area contributed by atoms with Crippen molar-refractivity contribution in [2.75, 3.05) is 27.4 Å². The highest BCUT2D eigenvalue weighted by Crippen LogP contribution is 2.21. The highest BCUT2D eigenvalue weighted by molar-refractivity contribution is 7.89. The van der Waals surface area contributed by atoms with Gasteiger partial charge in [-0.2, -0.15) is 0 Å². The Labute approximate surface area is 108 Å². The molecule has 1 N–H and O–H groups in total. The van der Waals surface area contributed by atoms with E-state index in [1.165, 1.54) is 6.07 Å². The molecule has 0 aromatic heterocycles.